The van der Waals surface area contributed by atoms with Crippen LogP contribution in [0.3, 0.4) is 0 Å². The molecule has 3 aromatic rings. The highest BCUT2D eigenvalue weighted by Crippen LogP contribution is 2.27. The molecule has 1 heterocycles. The fourth-order valence-corrected chi connectivity index (χ4v) is 3.98. The molecule has 0 saturated carbocycles. The minimum Gasteiger partial charge on any atom is -0.337 e. The number of likely N-dealkylation sites (N-methyl/N-ethyl adjacent to an activating group) is 1. The quantitative estimate of drug-likeness (QED) is 0.552. The molecule has 1 aliphatic heterocycles. The monoisotopic (exact) mass is 412 g/mol. The molecule has 0 saturated heterocycles. The molecule has 156 valence electrons. The van der Waals surface area contributed by atoms with Gasteiger partial charge < -0.3 is 4.90 Å². The molecule has 5 heteroatoms. The maximum Gasteiger partial charge on any atom is 0.262 e. The molecular formula is C26H24N2O3. The average Bonchev–Trinajstić information content (AvgIpc) is 3.07. The van der Waals surface area contributed by atoms with Crippen molar-refractivity contribution in [2.75, 3.05) is 6.54 Å². The zero-order valence-corrected chi connectivity index (χ0v) is 17.4. The van der Waals surface area contributed by atoms with E-state index < -0.39 is 17.9 Å². The van der Waals surface area contributed by atoms with Crippen molar-refractivity contribution in [3.05, 3.63) is 107 Å². The lowest BCUT2D eigenvalue weighted by Gasteiger charge is -2.31. The predicted octanol–water partition coefficient (Wildman–Crippen LogP) is 3.94. The van der Waals surface area contributed by atoms with Crippen LogP contribution in [0.25, 0.3) is 0 Å². The number of nitrogens with zero attached hydrogens (tertiary/aromatic N) is 2. The third-order valence-electron chi connectivity index (χ3n) is 5.60. The van der Waals surface area contributed by atoms with Crippen LogP contribution in [0.2, 0.25) is 0 Å². The Balaban J connectivity index is 1.68. The summed E-state index contributed by atoms with van der Waals surface area (Å²) >= 11 is 0. The number of rotatable bonds is 7. The summed E-state index contributed by atoms with van der Waals surface area (Å²) < 4.78 is 0. The van der Waals surface area contributed by atoms with Gasteiger partial charge in [-0.15, -0.1) is 0 Å². The van der Waals surface area contributed by atoms with Gasteiger partial charge in [0.1, 0.15) is 6.04 Å². The zero-order valence-electron chi connectivity index (χ0n) is 17.4. The van der Waals surface area contributed by atoms with Crippen LogP contribution in [-0.4, -0.2) is 40.1 Å². The van der Waals surface area contributed by atoms with Gasteiger partial charge in [0.25, 0.3) is 11.8 Å². The molecule has 0 N–H and O–H groups in total. The van der Waals surface area contributed by atoms with Crippen LogP contribution in [0.4, 0.5) is 0 Å². The third-order valence-corrected chi connectivity index (χ3v) is 5.60. The van der Waals surface area contributed by atoms with Gasteiger partial charge in [-0.1, -0.05) is 72.8 Å². The van der Waals surface area contributed by atoms with E-state index in [-0.39, 0.29) is 12.3 Å². The van der Waals surface area contributed by atoms with Crippen LogP contribution in [0, 0.1) is 0 Å². The molecule has 1 atom stereocenters. The lowest BCUT2D eigenvalue weighted by molar-refractivity contribution is -0.135. The molecule has 0 bridgehead atoms. The van der Waals surface area contributed by atoms with Crippen molar-refractivity contribution in [2.24, 2.45) is 0 Å². The van der Waals surface area contributed by atoms with Crippen molar-refractivity contribution in [2.45, 2.75) is 25.9 Å². The molecule has 4 rings (SSSR count). The maximum absolute atomic E-state index is 13.7. The Morgan fingerprint density at radius 3 is 1.77 bits per heavy atom. The summed E-state index contributed by atoms with van der Waals surface area (Å²) in [4.78, 5) is 42.8. The molecule has 3 amide bonds. The maximum atomic E-state index is 13.7. The van der Waals surface area contributed by atoms with Gasteiger partial charge >= 0.3 is 0 Å². The highest BCUT2D eigenvalue weighted by atomic mass is 16.2. The second-order valence-corrected chi connectivity index (χ2v) is 7.57. The number of carbonyl (C=O) groups excluding carboxylic acids is 3. The standard InChI is InChI=1S/C26H24N2O3/c1-2-27(18-20-13-7-4-8-14-20)26(31)23(17-19-11-5-3-6-12-19)28-24(29)21-15-9-10-16-22(21)25(28)30/h3-16,23H,2,17-18H2,1H3/t23-/m0/s1. The molecule has 0 aliphatic carbocycles. The van der Waals surface area contributed by atoms with Crippen molar-refractivity contribution in [1.82, 2.24) is 9.80 Å². The van der Waals surface area contributed by atoms with E-state index in [4.69, 9.17) is 0 Å². The van der Waals surface area contributed by atoms with E-state index >= 15 is 0 Å². The summed E-state index contributed by atoms with van der Waals surface area (Å²) in [7, 11) is 0. The molecular weight excluding hydrogens is 388 g/mol. The number of imide groups is 1. The van der Waals surface area contributed by atoms with Gasteiger partial charge in [-0.05, 0) is 30.2 Å². The van der Waals surface area contributed by atoms with Crippen LogP contribution in [-0.2, 0) is 17.8 Å². The Bertz CT molecular complexity index is 1060. The molecule has 5 nitrogen and oxygen atoms in total. The Morgan fingerprint density at radius 1 is 0.774 bits per heavy atom. The summed E-state index contributed by atoms with van der Waals surface area (Å²) in [6.45, 7) is 2.80. The smallest absolute Gasteiger partial charge is 0.262 e. The molecule has 0 radical (unpaired) electrons. The SMILES string of the molecule is CCN(Cc1ccccc1)C(=O)[C@H](Cc1ccccc1)N1C(=O)c2ccccc2C1=O. The molecule has 3 aromatic carbocycles. The van der Waals surface area contributed by atoms with E-state index in [1.165, 1.54) is 0 Å². The number of benzene rings is 3. The van der Waals surface area contributed by atoms with E-state index in [1.807, 2.05) is 67.6 Å². The minimum absolute atomic E-state index is 0.232. The molecule has 31 heavy (non-hydrogen) atoms. The number of amides is 3. The number of hydrogen-bond acceptors (Lipinski definition) is 3. The van der Waals surface area contributed by atoms with Crippen LogP contribution in [0.15, 0.2) is 84.9 Å². The topological polar surface area (TPSA) is 57.7 Å². The molecule has 0 spiro atoms. The molecule has 1 aliphatic rings. The first kappa shape index (κ1) is 20.5. The van der Waals surface area contributed by atoms with Gasteiger partial charge in [0, 0.05) is 19.5 Å². The van der Waals surface area contributed by atoms with Gasteiger partial charge in [-0.25, -0.2) is 0 Å². The first-order valence-corrected chi connectivity index (χ1v) is 10.4. The van der Waals surface area contributed by atoms with Gasteiger partial charge in [0.15, 0.2) is 0 Å². The summed E-state index contributed by atoms with van der Waals surface area (Å²) in [6, 6.07) is 25.0. The fourth-order valence-electron chi connectivity index (χ4n) is 3.98. The van der Waals surface area contributed by atoms with Crippen LogP contribution in [0.5, 0.6) is 0 Å². The summed E-state index contributed by atoms with van der Waals surface area (Å²) in [6.07, 6.45) is 0.274. The summed E-state index contributed by atoms with van der Waals surface area (Å²) in [5.41, 5.74) is 2.60. The highest BCUT2D eigenvalue weighted by Gasteiger charge is 2.43. The van der Waals surface area contributed by atoms with Crippen molar-refractivity contribution in [3.8, 4) is 0 Å². The Morgan fingerprint density at radius 2 is 1.26 bits per heavy atom. The van der Waals surface area contributed by atoms with Gasteiger partial charge in [0.05, 0.1) is 11.1 Å². The summed E-state index contributed by atoms with van der Waals surface area (Å²) in [5.74, 6) is -1.05. The second kappa shape index (κ2) is 8.96. The van der Waals surface area contributed by atoms with Crippen molar-refractivity contribution in [3.63, 3.8) is 0 Å². The fraction of sp³-hybridized carbons (Fsp3) is 0.192. The van der Waals surface area contributed by atoms with E-state index in [0.29, 0.717) is 24.2 Å². The zero-order chi connectivity index (χ0) is 21.8. The van der Waals surface area contributed by atoms with Crippen molar-refractivity contribution in [1.29, 1.82) is 0 Å². The predicted molar refractivity (Wildman–Crippen MR) is 118 cm³/mol. The van der Waals surface area contributed by atoms with Crippen molar-refractivity contribution < 1.29 is 14.4 Å². The minimum atomic E-state index is -0.904. The van der Waals surface area contributed by atoms with E-state index in [2.05, 4.69) is 0 Å². The highest BCUT2D eigenvalue weighted by molar-refractivity contribution is 6.22. The Kier molecular flexibility index (Phi) is 5.94. The normalized spacial score (nSPS) is 13.8. The largest absolute Gasteiger partial charge is 0.337 e. The summed E-state index contributed by atoms with van der Waals surface area (Å²) in [5, 5.41) is 0. The van der Waals surface area contributed by atoms with E-state index in [9.17, 15) is 14.4 Å². The molecule has 0 aromatic heterocycles. The van der Waals surface area contributed by atoms with Crippen LogP contribution < -0.4 is 0 Å². The lowest BCUT2D eigenvalue weighted by atomic mass is 10.0. The van der Waals surface area contributed by atoms with Gasteiger partial charge in [-0.2, -0.15) is 0 Å². The van der Waals surface area contributed by atoms with Crippen LogP contribution >= 0.6 is 0 Å². The van der Waals surface area contributed by atoms with E-state index in [1.54, 1.807) is 29.2 Å². The second-order valence-electron chi connectivity index (χ2n) is 7.57. The van der Waals surface area contributed by atoms with Crippen LogP contribution in [0.1, 0.15) is 38.8 Å². The first-order valence-electron chi connectivity index (χ1n) is 10.4. The number of hydrogen-bond donors (Lipinski definition) is 0. The molecule has 0 unspecified atom stereocenters. The van der Waals surface area contributed by atoms with Crippen molar-refractivity contribution >= 4 is 17.7 Å². The lowest BCUT2D eigenvalue weighted by Crippen LogP contribution is -2.51. The van der Waals surface area contributed by atoms with Gasteiger partial charge in [-0.3, -0.25) is 19.3 Å². The third kappa shape index (κ3) is 4.12. The number of fused-ring (bicyclic) bond motifs is 1. The molecule has 0 fully saturated rings. The first-order chi connectivity index (χ1) is 15.1. The Labute approximate surface area is 181 Å². The Hall–Kier alpha value is -3.73. The number of carbonyl (C=O) groups is 3. The van der Waals surface area contributed by atoms with E-state index in [0.717, 1.165) is 16.0 Å². The average molecular weight is 412 g/mol. The van der Waals surface area contributed by atoms with Gasteiger partial charge in [0.2, 0.25) is 5.91 Å².